The second-order valence-corrected chi connectivity index (χ2v) is 7.48. The van der Waals surface area contributed by atoms with E-state index in [9.17, 15) is 24.2 Å². The highest BCUT2D eigenvalue weighted by atomic mass is 19.1. The van der Waals surface area contributed by atoms with Gasteiger partial charge in [0.1, 0.15) is 24.1 Å². The highest BCUT2D eigenvalue weighted by Crippen LogP contribution is 2.24. The molecule has 0 aromatic heterocycles. The Labute approximate surface area is 179 Å². The number of carbonyl (C=O) groups excluding carboxylic acids is 2. The molecule has 0 saturated carbocycles. The van der Waals surface area contributed by atoms with Gasteiger partial charge in [0.15, 0.2) is 0 Å². The van der Waals surface area contributed by atoms with E-state index in [-0.39, 0.29) is 24.6 Å². The summed E-state index contributed by atoms with van der Waals surface area (Å²) in [5.74, 6) is -0.724. The smallest absolute Gasteiger partial charge is 0.319 e. The van der Waals surface area contributed by atoms with E-state index in [0.29, 0.717) is 6.54 Å². The van der Waals surface area contributed by atoms with Crippen molar-refractivity contribution in [3.05, 3.63) is 66.0 Å². The van der Waals surface area contributed by atoms with Crippen LogP contribution in [0.25, 0.3) is 0 Å². The minimum Gasteiger partial charge on any atom is -0.388 e. The molecule has 0 bridgehead atoms. The van der Waals surface area contributed by atoms with Crippen LogP contribution in [0.2, 0.25) is 0 Å². The van der Waals surface area contributed by atoms with Crippen LogP contribution < -0.4 is 10.6 Å². The van der Waals surface area contributed by atoms with Crippen LogP contribution in [0.3, 0.4) is 0 Å². The number of halogens is 1. The van der Waals surface area contributed by atoms with Crippen molar-refractivity contribution in [3.63, 3.8) is 0 Å². The summed E-state index contributed by atoms with van der Waals surface area (Å²) in [6.45, 7) is 0.320. The number of rotatable bonds is 7. The predicted molar refractivity (Wildman–Crippen MR) is 112 cm³/mol. The zero-order valence-electron chi connectivity index (χ0n) is 17.1. The largest absolute Gasteiger partial charge is 0.388 e. The molecule has 3 rings (SSSR count). The standard InChI is InChI=1S/C22H26FN3O5/c1-26(13-14-6-3-2-4-7-14)19(27)11-17-20(28)21(29)18(31-17)12-24-22(30)25-16-9-5-8-15(23)10-16/h2-10,17-18,20-21,28-29H,11-13H2,1H3,(H2,24,25,30). The Morgan fingerprint density at radius 2 is 1.77 bits per heavy atom. The van der Waals surface area contributed by atoms with Gasteiger partial charge < -0.3 is 30.5 Å². The van der Waals surface area contributed by atoms with Crippen LogP contribution in [0.5, 0.6) is 0 Å². The van der Waals surface area contributed by atoms with Crippen molar-refractivity contribution in [1.29, 1.82) is 0 Å². The number of nitrogens with zero attached hydrogens (tertiary/aromatic N) is 1. The van der Waals surface area contributed by atoms with Crippen molar-refractivity contribution >= 4 is 17.6 Å². The fourth-order valence-corrected chi connectivity index (χ4v) is 3.37. The van der Waals surface area contributed by atoms with E-state index in [1.54, 1.807) is 7.05 Å². The maximum Gasteiger partial charge on any atom is 0.319 e. The molecule has 8 nitrogen and oxygen atoms in total. The molecular formula is C22H26FN3O5. The van der Waals surface area contributed by atoms with Crippen molar-refractivity contribution in [1.82, 2.24) is 10.2 Å². The van der Waals surface area contributed by atoms with Gasteiger partial charge in [0.05, 0.1) is 12.5 Å². The number of urea groups is 1. The zero-order valence-corrected chi connectivity index (χ0v) is 17.1. The lowest BCUT2D eigenvalue weighted by Gasteiger charge is -2.21. The summed E-state index contributed by atoms with van der Waals surface area (Å²) < 4.78 is 18.8. The summed E-state index contributed by atoms with van der Waals surface area (Å²) in [5, 5.41) is 25.5. The fraction of sp³-hybridized carbons (Fsp3) is 0.364. The molecule has 166 valence electrons. The molecule has 4 unspecified atom stereocenters. The number of benzene rings is 2. The number of aliphatic hydroxyl groups excluding tert-OH is 2. The first-order valence-electron chi connectivity index (χ1n) is 9.93. The summed E-state index contributed by atoms with van der Waals surface area (Å²) in [6.07, 6.45) is -4.39. The van der Waals surface area contributed by atoms with Gasteiger partial charge in [-0.3, -0.25) is 4.79 Å². The maximum absolute atomic E-state index is 13.2. The summed E-state index contributed by atoms with van der Waals surface area (Å²) in [6, 6.07) is 14.3. The van der Waals surface area contributed by atoms with Gasteiger partial charge in [0.25, 0.3) is 0 Å². The minimum atomic E-state index is -1.26. The molecule has 0 spiro atoms. The monoisotopic (exact) mass is 431 g/mol. The van der Waals surface area contributed by atoms with Crippen LogP contribution in [0, 0.1) is 5.82 Å². The van der Waals surface area contributed by atoms with Gasteiger partial charge in [0, 0.05) is 25.8 Å². The van der Waals surface area contributed by atoms with Gasteiger partial charge in [-0.15, -0.1) is 0 Å². The maximum atomic E-state index is 13.2. The van der Waals surface area contributed by atoms with Crippen LogP contribution in [0.1, 0.15) is 12.0 Å². The van der Waals surface area contributed by atoms with Crippen molar-refractivity contribution in [2.24, 2.45) is 0 Å². The van der Waals surface area contributed by atoms with Crippen LogP contribution in [0.15, 0.2) is 54.6 Å². The highest BCUT2D eigenvalue weighted by molar-refractivity contribution is 5.89. The molecule has 2 aromatic carbocycles. The van der Waals surface area contributed by atoms with E-state index >= 15 is 0 Å². The topological polar surface area (TPSA) is 111 Å². The molecule has 0 radical (unpaired) electrons. The van der Waals surface area contributed by atoms with E-state index in [0.717, 1.165) is 11.6 Å². The first kappa shape index (κ1) is 22.7. The van der Waals surface area contributed by atoms with E-state index in [1.165, 1.54) is 23.1 Å². The molecule has 1 aliphatic rings. The molecule has 3 amide bonds. The number of nitrogens with one attached hydrogen (secondary N) is 2. The van der Waals surface area contributed by atoms with Gasteiger partial charge in [-0.2, -0.15) is 0 Å². The molecule has 1 saturated heterocycles. The SMILES string of the molecule is CN(Cc1ccccc1)C(=O)CC1OC(CNC(=O)Nc2cccc(F)c2)C(O)C1O. The molecule has 1 aliphatic heterocycles. The molecule has 4 atom stereocenters. The van der Waals surface area contributed by atoms with Crippen molar-refractivity contribution in [2.45, 2.75) is 37.4 Å². The third-order valence-electron chi connectivity index (χ3n) is 5.07. The van der Waals surface area contributed by atoms with Crippen LogP contribution in [-0.4, -0.2) is 65.1 Å². The number of hydrogen-bond donors (Lipinski definition) is 4. The Balaban J connectivity index is 1.47. The van der Waals surface area contributed by atoms with Crippen LogP contribution in [0.4, 0.5) is 14.9 Å². The normalized spacial score (nSPS) is 22.7. The average molecular weight is 431 g/mol. The number of carbonyl (C=O) groups is 2. The van der Waals surface area contributed by atoms with Gasteiger partial charge in [0.2, 0.25) is 5.91 Å². The lowest BCUT2D eigenvalue weighted by atomic mass is 10.0. The molecule has 1 fully saturated rings. The first-order valence-corrected chi connectivity index (χ1v) is 9.93. The van der Waals surface area contributed by atoms with Gasteiger partial charge in [-0.05, 0) is 23.8 Å². The Morgan fingerprint density at radius 3 is 2.48 bits per heavy atom. The summed E-state index contributed by atoms with van der Waals surface area (Å²) in [5.41, 5.74) is 1.24. The number of hydrogen-bond acceptors (Lipinski definition) is 5. The van der Waals surface area contributed by atoms with E-state index in [2.05, 4.69) is 10.6 Å². The lowest BCUT2D eigenvalue weighted by Crippen LogP contribution is -2.41. The second-order valence-electron chi connectivity index (χ2n) is 7.48. The summed E-state index contributed by atoms with van der Waals surface area (Å²) >= 11 is 0. The molecular weight excluding hydrogens is 405 g/mol. The summed E-state index contributed by atoms with van der Waals surface area (Å²) in [7, 11) is 1.66. The van der Waals surface area contributed by atoms with E-state index in [1.807, 2.05) is 30.3 Å². The first-order chi connectivity index (χ1) is 14.8. The molecule has 4 N–H and O–H groups in total. The minimum absolute atomic E-state index is 0.0933. The van der Waals surface area contributed by atoms with Gasteiger partial charge in [-0.1, -0.05) is 36.4 Å². The van der Waals surface area contributed by atoms with Crippen molar-refractivity contribution < 1.29 is 28.9 Å². The van der Waals surface area contributed by atoms with Crippen LogP contribution in [-0.2, 0) is 16.1 Å². The molecule has 31 heavy (non-hydrogen) atoms. The van der Waals surface area contributed by atoms with Crippen LogP contribution >= 0.6 is 0 Å². The highest BCUT2D eigenvalue weighted by Gasteiger charge is 2.43. The summed E-state index contributed by atoms with van der Waals surface area (Å²) in [4.78, 5) is 26.0. The number of anilines is 1. The number of amides is 3. The fourth-order valence-electron chi connectivity index (χ4n) is 3.37. The molecule has 9 heteroatoms. The number of ether oxygens (including phenoxy) is 1. The lowest BCUT2D eigenvalue weighted by molar-refractivity contribution is -0.134. The third-order valence-corrected chi connectivity index (χ3v) is 5.07. The Hall–Kier alpha value is -3.01. The van der Waals surface area contributed by atoms with Gasteiger partial charge in [-0.25, -0.2) is 9.18 Å². The Kier molecular flexibility index (Phi) is 7.56. The molecule has 0 aliphatic carbocycles. The van der Waals surface area contributed by atoms with Crippen molar-refractivity contribution in [2.75, 3.05) is 18.9 Å². The average Bonchev–Trinajstić information content (AvgIpc) is 3.01. The number of aliphatic hydroxyl groups is 2. The Bertz CT molecular complexity index is 898. The van der Waals surface area contributed by atoms with Crippen molar-refractivity contribution in [3.8, 4) is 0 Å². The quantitative estimate of drug-likeness (QED) is 0.531. The predicted octanol–water partition coefficient (Wildman–Crippen LogP) is 1.49. The molecule has 2 aromatic rings. The van der Waals surface area contributed by atoms with E-state index < -0.39 is 36.3 Å². The zero-order chi connectivity index (χ0) is 22.4. The Morgan fingerprint density at radius 1 is 1.06 bits per heavy atom. The molecule has 1 heterocycles. The third kappa shape index (κ3) is 6.24. The second kappa shape index (κ2) is 10.3. The van der Waals surface area contributed by atoms with E-state index in [4.69, 9.17) is 4.74 Å². The van der Waals surface area contributed by atoms with Gasteiger partial charge >= 0.3 is 6.03 Å².